The molecule has 2 aromatic carbocycles. The minimum atomic E-state index is 0. The Labute approximate surface area is 224 Å². The first-order valence-corrected chi connectivity index (χ1v) is 11.5. The number of nitrogens with two attached hydrogens (primary N) is 1. The lowest BCUT2D eigenvalue weighted by Crippen LogP contribution is -2.22. The minimum absolute atomic E-state index is 0. The van der Waals surface area contributed by atoms with E-state index in [0.717, 1.165) is 63.3 Å². The highest BCUT2D eigenvalue weighted by molar-refractivity contribution is 5.97. The van der Waals surface area contributed by atoms with E-state index in [1.54, 1.807) is 0 Å². The fraction of sp³-hybridized carbons (Fsp3) is 0.138. The number of nitrogens with zero attached hydrogens (tertiary/aromatic N) is 4. The van der Waals surface area contributed by atoms with Gasteiger partial charge in [-0.3, -0.25) is 4.98 Å². The predicted octanol–water partition coefficient (Wildman–Crippen LogP) is 6.34. The Kier molecular flexibility index (Phi) is 9.37. The van der Waals surface area contributed by atoms with E-state index >= 15 is 0 Å². The Balaban J connectivity index is 0.00000180. The zero-order valence-electron chi connectivity index (χ0n) is 20.0. The van der Waals surface area contributed by atoms with Crippen molar-refractivity contribution in [3.63, 3.8) is 0 Å². The molecule has 2 N–H and O–H groups in total. The molecule has 3 aromatic heterocycles. The minimum Gasteiger partial charge on any atom is -0.359 e. The van der Waals surface area contributed by atoms with Crippen molar-refractivity contribution in [2.24, 2.45) is 5.73 Å². The van der Waals surface area contributed by atoms with Gasteiger partial charge in [-0.15, -0.1) is 24.8 Å². The number of fused-ring (bicyclic) bond motifs is 1. The lowest BCUT2D eigenvalue weighted by molar-refractivity contribution is 0.843. The molecule has 0 saturated carbocycles. The van der Waals surface area contributed by atoms with E-state index in [2.05, 4.69) is 77.6 Å². The maximum atomic E-state index is 5.81. The Morgan fingerprint density at radius 2 is 1.53 bits per heavy atom. The summed E-state index contributed by atoms with van der Waals surface area (Å²) in [5, 5.41) is 1.03. The molecule has 0 aliphatic rings. The van der Waals surface area contributed by atoms with Crippen LogP contribution in [-0.2, 0) is 13.0 Å². The average molecular weight is 518 g/mol. The topological polar surface area (TPSA) is 67.9 Å². The lowest BCUT2D eigenvalue weighted by atomic mass is 9.97. The zero-order valence-corrected chi connectivity index (χ0v) is 21.7. The molecule has 0 bridgehead atoms. The summed E-state index contributed by atoms with van der Waals surface area (Å²) in [6.07, 6.45) is 4.52. The van der Waals surface area contributed by atoms with Gasteiger partial charge in [0.05, 0.1) is 11.2 Å². The molecule has 5 rings (SSSR count). The third-order valence-electron chi connectivity index (χ3n) is 6.06. The first-order chi connectivity index (χ1) is 16.7. The summed E-state index contributed by atoms with van der Waals surface area (Å²) in [6.45, 7) is 1.34. The van der Waals surface area contributed by atoms with Crippen LogP contribution >= 0.6 is 24.8 Å². The van der Waals surface area contributed by atoms with Crippen molar-refractivity contribution in [3.8, 4) is 22.4 Å². The standard InChI is InChI=1S/C29H27N5.2ClH/c1-34(18-15-24-9-5-6-16-31-24)29-26-19-25(22-7-3-2-4-8-22)28(33-27(26)14-17-32-29)23-12-10-21(20-30)11-13-23;;/h2-14,16-17,19H,15,18,20,30H2,1H3;2*1H. The van der Waals surface area contributed by atoms with Gasteiger partial charge >= 0.3 is 0 Å². The van der Waals surface area contributed by atoms with Crippen LogP contribution in [0.1, 0.15) is 11.3 Å². The largest absolute Gasteiger partial charge is 0.359 e. The van der Waals surface area contributed by atoms with Gasteiger partial charge in [-0.2, -0.15) is 0 Å². The monoisotopic (exact) mass is 517 g/mol. The number of benzene rings is 2. The molecule has 0 fully saturated rings. The number of pyridine rings is 3. The molecule has 184 valence electrons. The van der Waals surface area contributed by atoms with Crippen LogP contribution in [0.15, 0.2) is 97.3 Å². The molecular weight excluding hydrogens is 489 g/mol. The summed E-state index contributed by atoms with van der Waals surface area (Å²) in [5.74, 6) is 0.920. The van der Waals surface area contributed by atoms with Crippen molar-refractivity contribution in [2.45, 2.75) is 13.0 Å². The van der Waals surface area contributed by atoms with E-state index in [1.165, 1.54) is 0 Å². The number of hydrogen-bond acceptors (Lipinski definition) is 5. The lowest BCUT2D eigenvalue weighted by Gasteiger charge is -2.21. The van der Waals surface area contributed by atoms with Crippen LogP contribution in [0.2, 0.25) is 0 Å². The van der Waals surface area contributed by atoms with Crippen molar-refractivity contribution >= 4 is 41.5 Å². The Morgan fingerprint density at radius 3 is 2.22 bits per heavy atom. The van der Waals surface area contributed by atoms with E-state index in [4.69, 9.17) is 15.7 Å². The van der Waals surface area contributed by atoms with Gasteiger partial charge in [-0.05, 0) is 35.4 Å². The van der Waals surface area contributed by atoms with Crippen molar-refractivity contribution in [1.29, 1.82) is 0 Å². The van der Waals surface area contributed by atoms with Gasteiger partial charge in [0.2, 0.25) is 0 Å². The van der Waals surface area contributed by atoms with Gasteiger partial charge < -0.3 is 10.6 Å². The molecule has 5 aromatic rings. The highest BCUT2D eigenvalue weighted by Gasteiger charge is 2.16. The second kappa shape index (κ2) is 12.5. The summed E-state index contributed by atoms with van der Waals surface area (Å²) in [4.78, 5) is 16.5. The van der Waals surface area contributed by atoms with Crippen molar-refractivity contribution in [2.75, 3.05) is 18.5 Å². The number of aromatic nitrogens is 3. The highest BCUT2D eigenvalue weighted by atomic mass is 35.5. The Morgan fingerprint density at radius 1 is 0.778 bits per heavy atom. The summed E-state index contributed by atoms with van der Waals surface area (Å²) >= 11 is 0. The fourth-order valence-corrected chi connectivity index (χ4v) is 4.18. The molecule has 0 spiro atoms. The molecule has 0 amide bonds. The van der Waals surface area contributed by atoms with Crippen LogP contribution in [0.3, 0.4) is 0 Å². The Bertz CT molecular complexity index is 1390. The van der Waals surface area contributed by atoms with Crippen LogP contribution in [0.5, 0.6) is 0 Å². The zero-order chi connectivity index (χ0) is 23.3. The molecule has 0 aliphatic carbocycles. The third-order valence-corrected chi connectivity index (χ3v) is 6.06. The van der Waals surface area contributed by atoms with Gasteiger partial charge in [0.15, 0.2) is 0 Å². The quantitative estimate of drug-likeness (QED) is 0.272. The molecule has 3 heterocycles. The SMILES string of the molecule is CN(CCc1ccccn1)c1nccc2nc(-c3ccc(CN)cc3)c(-c3ccccc3)cc12.Cl.Cl. The highest BCUT2D eigenvalue weighted by Crippen LogP contribution is 2.35. The van der Waals surface area contributed by atoms with Crippen LogP contribution in [0.4, 0.5) is 5.82 Å². The normalized spacial score (nSPS) is 10.4. The van der Waals surface area contributed by atoms with Gasteiger partial charge in [0.25, 0.3) is 0 Å². The summed E-state index contributed by atoms with van der Waals surface area (Å²) in [5.41, 5.74) is 13.1. The molecule has 5 nitrogen and oxygen atoms in total. The molecule has 0 atom stereocenters. The smallest absolute Gasteiger partial charge is 0.137 e. The van der Waals surface area contributed by atoms with Gasteiger partial charge in [0, 0.05) is 61.2 Å². The molecule has 0 radical (unpaired) electrons. The van der Waals surface area contributed by atoms with E-state index < -0.39 is 0 Å². The molecule has 7 heteroatoms. The molecule has 36 heavy (non-hydrogen) atoms. The molecule has 0 aliphatic heterocycles. The molecule has 0 saturated heterocycles. The van der Waals surface area contributed by atoms with Crippen LogP contribution in [0.25, 0.3) is 33.3 Å². The van der Waals surface area contributed by atoms with Crippen LogP contribution < -0.4 is 10.6 Å². The number of rotatable bonds is 7. The molecule has 0 unspecified atom stereocenters. The van der Waals surface area contributed by atoms with Gasteiger partial charge in [-0.25, -0.2) is 9.97 Å². The van der Waals surface area contributed by atoms with Crippen molar-refractivity contribution in [3.05, 3.63) is 109 Å². The summed E-state index contributed by atoms with van der Waals surface area (Å²) in [6, 6.07) is 29.0. The maximum absolute atomic E-state index is 5.81. The average Bonchev–Trinajstić information content (AvgIpc) is 2.91. The predicted molar refractivity (Wildman–Crippen MR) is 154 cm³/mol. The van der Waals surface area contributed by atoms with Crippen molar-refractivity contribution < 1.29 is 0 Å². The number of likely N-dealkylation sites (N-methyl/N-ethyl adjacent to an activating group) is 1. The number of hydrogen-bond donors (Lipinski definition) is 1. The summed E-state index contributed by atoms with van der Waals surface area (Å²) < 4.78 is 0. The van der Waals surface area contributed by atoms with E-state index in [-0.39, 0.29) is 24.8 Å². The van der Waals surface area contributed by atoms with Crippen molar-refractivity contribution in [1.82, 2.24) is 15.0 Å². The van der Waals surface area contributed by atoms with Crippen LogP contribution in [0, 0.1) is 0 Å². The first kappa shape index (κ1) is 27.1. The number of anilines is 1. The molecular formula is C29H29Cl2N5. The van der Waals surface area contributed by atoms with Gasteiger partial charge in [0.1, 0.15) is 5.82 Å². The van der Waals surface area contributed by atoms with E-state index in [9.17, 15) is 0 Å². The second-order valence-corrected chi connectivity index (χ2v) is 8.35. The number of halogens is 2. The second-order valence-electron chi connectivity index (χ2n) is 8.35. The maximum Gasteiger partial charge on any atom is 0.137 e. The fourth-order valence-electron chi connectivity index (χ4n) is 4.18. The van der Waals surface area contributed by atoms with Gasteiger partial charge in [-0.1, -0.05) is 60.7 Å². The van der Waals surface area contributed by atoms with E-state index in [1.807, 2.05) is 36.7 Å². The first-order valence-electron chi connectivity index (χ1n) is 11.5. The summed E-state index contributed by atoms with van der Waals surface area (Å²) in [7, 11) is 2.08. The van der Waals surface area contributed by atoms with Crippen LogP contribution in [-0.4, -0.2) is 28.5 Å². The Hall–Kier alpha value is -3.51. The third kappa shape index (κ3) is 5.82. The van der Waals surface area contributed by atoms with E-state index in [0.29, 0.717) is 6.54 Å².